The van der Waals surface area contributed by atoms with Gasteiger partial charge in [-0.2, -0.15) is 0 Å². The number of halogens is 1. The van der Waals surface area contributed by atoms with E-state index in [0.29, 0.717) is 17.3 Å². The van der Waals surface area contributed by atoms with Gasteiger partial charge in [0.25, 0.3) is 5.91 Å². The molecule has 21 heavy (non-hydrogen) atoms. The number of hydrogen-bond acceptors (Lipinski definition) is 2. The van der Waals surface area contributed by atoms with Crippen molar-refractivity contribution in [3.05, 3.63) is 65.1 Å². The second-order valence-electron chi connectivity index (χ2n) is 4.94. The van der Waals surface area contributed by atoms with Gasteiger partial charge in [0.1, 0.15) is 5.69 Å². The number of H-pyrrole nitrogens is 1. The van der Waals surface area contributed by atoms with Crippen molar-refractivity contribution < 1.29 is 4.79 Å². The second-order valence-corrected chi connectivity index (χ2v) is 5.37. The van der Waals surface area contributed by atoms with E-state index in [1.807, 2.05) is 36.4 Å². The Morgan fingerprint density at radius 3 is 2.95 bits per heavy atom. The first-order valence-electron chi connectivity index (χ1n) is 6.56. The van der Waals surface area contributed by atoms with Crippen molar-refractivity contribution in [1.29, 1.82) is 0 Å². The number of carbonyl (C=O) groups excluding carboxylic acids is 1. The Balaban J connectivity index is 1.82. The summed E-state index contributed by atoms with van der Waals surface area (Å²) in [5.41, 5.74) is 2.41. The lowest BCUT2D eigenvalue weighted by Gasteiger charge is -2.16. The SMILES string of the molecule is CN(Cc1cccnc1)C(=O)c1cc2ccc(Cl)cc2[nH]1. The van der Waals surface area contributed by atoms with Gasteiger partial charge in [-0.15, -0.1) is 0 Å². The molecule has 0 aliphatic rings. The van der Waals surface area contributed by atoms with Crippen LogP contribution in [0, 0.1) is 0 Å². The van der Waals surface area contributed by atoms with Crippen molar-refractivity contribution >= 4 is 28.4 Å². The molecule has 0 aliphatic carbocycles. The van der Waals surface area contributed by atoms with Gasteiger partial charge >= 0.3 is 0 Å². The summed E-state index contributed by atoms with van der Waals surface area (Å²) < 4.78 is 0. The second kappa shape index (κ2) is 5.58. The number of rotatable bonds is 3. The van der Waals surface area contributed by atoms with E-state index in [2.05, 4.69) is 9.97 Å². The first-order valence-corrected chi connectivity index (χ1v) is 6.94. The Hall–Kier alpha value is -2.33. The summed E-state index contributed by atoms with van der Waals surface area (Å²) in [6.45, 7) is 0.517. The highest BCUT2D eigenvalue weighted by Crippen LogP contribution is 2.20. The number of hydrogen-bond donors (Lipinski definition) is 1. The minimum atomic E-state index is -0.0637. The van der Waals surface area contributed by atoms with Crippen molar-refractivity contribution in [1.82, 2.24) is 14.9 Å². The largest absolute Gasteiger partial charge is 0.350 e. The standard InChI is InChI=1S/C16H14ClN3O/c1-20(10-11-3-2-6-18-9-11)16(21)15-7-12-4-5-13(17)8-14(12)19-15/h2-9,19H,10H2,1H3. The van der Waals surface area contributed by atoms with Gasteiger partial charge in [-0.05, 0) is 29.8 Å². The molecule has 1 aromatic carbocycles. The predicted octanol–water partition coefficient (Wildman–Crippen LogP) is 3.49. The molecule has 2 aromatic heterocycles. The lowest BCUT2D eigenvalue weighted by molar-refractivity contribution is 0.0780. The van der Waals surface area contributed by atoms with Crippen molar-refractivity contribution in [2.45, 2.75) is 6.54 Å². The van der Waals surface area contributed by atoms with Gasteiger partial charge in [0.2, 0.25) is 0 Å². The first kappa shape index (κ1) is 13.6. The minimum absolute atomic E-state index is 0.0637. The maximum Gasteiger partial charge on any atom is 0.270 e. The fourth-order valence-electron chi connectivity index (χ4n) is 2.26. The van der Waals surface area contributed by atoms with E-state index in [-0.39, 0.29) is 5.91 Å². The number of pyridine rings is 1. The summed E-state index contributed by atoms with van der Waals surface area (Å²) in [5.74, 6) is -0.0637. The maximum absolute atomic E-state index is 12.4. The van der Waals surface area contributed by atoms with Crippen LogP contribution in [0.3, 0.4) is 0 Å². The zero-order valence-electron chi connectivity index (χ0n) is 11.5. The van der Waals surface area contributed by atoms with E-state index in [1.54, 1.807) is 24.3 Å². The number of nitrogens with zero attached hydrogens (tertiary/aromatic N) is 2. The summed E-state index contributed by atoms with van der Waals surface area (Å²) in [5, 5.41) is 1.62. The molecular formula is C16H14ClN3O. The average Bonchev–Trinajstić information content (AvgIpc) is 2.90. The maximum atomic E-state index is 12.4. The third-order valence-corrected chi connectivity index (χ3v) is 3.54. The Bertz CT molecular complexity index is 783. The summed E-state index contributed by atoms with van der Waals surface area (Å²) in [6.07, 6.45) is 3.47. The van der Waals surface area contributed by atoms with E-state index in [0.717, 1.165) is 16.5 Å². The van der Waals surface area contributed by atoms with Gasteiger partial charge in [0.05, 0.1) is 0 Å². The lowest BCUT2D eigenvalue weighted by Crippen LogP contribution is -2.26. The molecule has 1 N–H and O–H groups in total. The molecule has 4 nitrogen and oxygen atoms in total. The number of aromatic nitrogens is 2. The quantitative estimate of drug-likeness (QED) is 0.805. The fraction of sp³-hybridized carbons (Fsp3) is 0.125. The van der Waals surface area contributed by atoms with E-state index in [9.17, 15) is 4.79 Å². The molecule has 0 atom stereocenters. The molecule has 0 saturated heterocycles. The van der Waals surface area contributed by atoms with E-state index >= 15 is 0 Å². The third kappa shape index (κ3) is 2.90. The van der Waals surface area contributed by atoms with Gasteiger partial charge in [-0.25, -0.2) is 0 Å². The molecule has 3 rings (SSSR count). The minimum Gasteiger partial charge on any atom is -0.350 e. The third-order valence-electron chi connectivity index (χ3n) is 3.30. The molecule has 1 amide bonds. The van der Waals surface area contributed by atoms with Crippen molar-refractivity contribution in [2.75, 3.05) is 7.05 Å². The molecule has 3 aromatic rings. The monoisotopic (exact) mass is 299 g/mol. The van der Waals surface area contributed by atoms with Gasteiger partial charge in [-0.3, -0.25) is 9.78 Å². The van der Waals surface area contributed by atoms with Crippen molar-refractivity contribution in [3.8, 4) is 0 Å². The van der Waals surface area contributed by atoms with Crippen LogP contribution < -0.4 is 0 Å². The van der Waals surface area contributed by atoms with Crippen LogP contribution >= 0.6 is 11.6 Å². The van der Waals surface area contributed by atoms with Crippen LogP contribution in [0.4, 0.5) is 0 Å². The van der Waals surface area contributed by atoms with Gasteiger partial charge in [0.15, 0.2) is 0 Å². The normalized spacial score (nSPS) is 10.8. The predicted molar refractivity (Wildman–Crippen MR) is 83.3 cm³/mol. The molecule has 0 saturated carbocycles. The molecule has 0 fully saturated rings. The van der Waals surface area contributed by atoms with Gasteiger partial charge in [0, 0.05) is 41.9 Å². The summed E-state index contributed by atoms with van der Waals surface area (Å²) in [4.78, 5) is 21.3. The number of benzene rings is 1. The zero-order chi connectivity index (χ0) is 14.8. The molecule has 0 unspecified atom stereocenters. The number of amides is 1. The lowest BCUT2D eigenvalue weighted by atomic mass is 10.2. The number of nitrogens with one attached hydrogen (secondary N) is 1. The molecular weight excluding hydrogens is 286 g/mol. The Morgan fingerprint density at radius 2 is 2.19 bits per heavy atom. The molecule has 5 heteroatoms. The molecule has 106 valence electrons. The molecule has 0 aliphatic heterocycles. The highest BCUT2D eigenvalue weighted by Gasteiger charge is 2.14. The molecule has 0 radical (unpaired) electrons. The van der Waals surface area contributed by atoms with Gasteiger partial charge in [-0.1, -0.05) is 23.7 Å². The molecule has 0 bridgehead atoms. The highest BCUT2D eigenvalue weighted by atomic mass is 35.5. The summed E-state index contributed by atoms with van der Waals surface area (Å²) >= 11 is 5.96. The van der Waals surface area contributed by atoms with Crippen LogP contribution in [-0.4, -0.2) is 27.8 Å². The Morgan fingerprint density at radius 1 is 1.33 bits per heavy atom. The summed E-state index contributed by atoms with van der Waals surface area (Å²) in [6, 6.07) is 11.2. The molecule has 2 heterocycles. The highest BCUT2D eigenvalue weighted by molar-refractivity contribution is 6.31. The number of fused-ring (bicyclic) bond motifs is 1. The van der Waals surface area contributed by atoms with Crippen LogP contribution in [-0.2, 0) is 6.54 Å². The zero-order valence-corrected chi connectivity index (χ0v) is 12.3. The van der Waals surface area contributed by atoms with Crippen LogP contribution in [0.15, 0.2) is 48.8 Å². The number of carbonyl (C=O) groups is 1. The van der Waals surface area contributed by atoms with Crippen molar-refractivity contribution in [3.63, 3.8) is 0 Å². The van der Waals surface area contributed by atoms with E-state index in [4.69, 9.17) is 11.6 Å². The van der Waals surface area contributed by atoms with Crippen molar-refractivity contribution in [2.24, 2.45) is 0 Å². The van der Waals surface area contributed by atoms with E-state index in [1.165, 1.54) is 0 Å². The van der Waals surface area contributed by atoms with Crippen LogP contribution in [0.5, 0.6) is 0 Å². The van der Waals surface area contributed by atoms with Crippen LogP contribution in [0.2, 0.25) is 5.02 Å². The Kier molecular flexibility index (Phi) is 3.62. The van der Waals surface area contributed by atoms with E-state index < -0.39 is 0 Å². The Labute approximate surface area is 127 Å². The fourth-order valence-corrected chi connectivity index (χ4v) is 2.43. The smallest absolute Gasteiger partial charge is 0.270 e. The topological polar surface area (TPSA) is 49.0 Å². The number of aromatic amines is 1. The van der Waals surface area contributed by atoms with Crippen LogP contribution in [0.1, 0.15) is 16.1 Å². The summed E-state index contributed by atoms with van der Waals surface area (Å²) in [7, 11) is 1.77. The van der Waals surface area contributed by atoms with Gasteiger partial charge < -0.3 is 9.88 Å². The average molecular weight is 300 g/mol. The van der Waals surface area contributed by atoms with Crippen LogP contribution in [0.25, 0.3) is 10.9 Å². The first-order chi connectivity index (χ1) is 10.1. The molecule has 0 spiro atoms.